The number of aliphatic hydroxyl groups excluding tert-OH is 1. The van der Waals surface area contributed by atoms with E-state index in [0.29, 0.717) is 12.5 Å². The summed E-state index contributed by atoms with van der Waals surface area (Å²) in [6.45, 7) is 4.93. The van der Waals surface area contributed by atoms with E-state index in [2.05, 4.69) is 0 Å². The molecular weight excluding hydrogens is 246 g/mol. The first-order valence-electron chi connectivity index (χ1n) is 6.34. The van der Waals surface area contributed by atoms with Crippen molar-refractivity contribution in [3.8, 4) is 5.75 Å². The van der Waals surface area contributed by atoms with Crippen molar-refractivity contribution in [3.05, 3.63) is 29.8 Å². The maximum atomic E-state index is 8.94. The van der Waals surface area contributed by atoms with Crippen LogP contribution in [-0.2, 0) is 0 Å². The van der Waals surface area contributed by atoms with Crippen LogP contribution in [0.5, 0.6) is 5.75 Å². The quantitative estimate of drug-likeness (QED) is 0.761. The van der Waals surface area contributed by atoms with Gasteiger partial charge in [-0.15, -0.1) is 0 Å². The molecule has 2 atom stereocenters. The van der Waals surface area contributed by atoms with Gasteiger partial charge in [0.25, 0.3) is 0 Å². The summed E-state index contributed by atoms with van der Waals surface area (Å²) in [6.07, 6.45) is 0. The fourth-order valence-electron chi connectivity index (χ4n) is 1.52. The standard InChI is InChI=1S/C14H23NO2S/c1-3-17-13-6-4-12(5-7-13)14(15)10-18-9-11(2)8-16/h4-7,11,14,16H,3,8-10,15H2,1-2H3. The van der Waals surface area contributed by atoms with Crippen LogP contribution in [0.15, 0.2) is 24.3 Å². The number of hydrogen-bond donors (Lipinski definition) is 2. The number of rotatable bonds is 8. The van der Waals surface area contributed by atoms with Crippen LogP contribution in [0.2, 0.25) is 0 Å². The Bertz CT molecular complexity index is 329. The lowest BCUT2D eigenvalue weighted by atomic mass is 10.1. The van der Waals surface area contributed by atoms with Gasteiger partial charge in [0.05, 0.1) is 6.61 Å². The predicted molar refractivity (Wildman–Crippen MR) is 78.1 cm³/mol. The summed E-state index contributed by atoms with van der Waals surface area (Å²) in [5.41, 5.74) is 7.25. The summed E-state index contributed by atoms with van der Waals surface area (Å²) in [7, 11) is 0. The SMILES string of the molecule is CCOc1ccc(C(N)CSCC(C)CO)cc1. The average Bonchev–Trinajstić information content (AvgIpc) is 2.39. The molecular formula is C14H23NO2S. The van der Waals surface area contributed by atoms with Gasteiger partial charge in [-0.2, -0.15) is 11.8 Å². The molecule has 2 unspecified atom stereocenters. The van der Waals surface area contributed by atoms with E-state index in [4.69, 9.17) is 15.6 Å². The summed E-state index contributed by atoms with van der Waals surface area (Å²) in [5, 5.41) is 8.94. The minimum Gasteiger partial charge on any atom is -0.494 e. The maximum Gasteiger partial charge on any atom is 0.119 e. The summed E-state index contributed by atoms with van der Waals surface area (Å²) < 4.78 is 5.39. The van der Waals surface area contributed by atoms with E-state index in [-0.39, 0.29) is 12.6 Å². The molecule has 0 bridgehead atoms. The Morgan fingerprint density at radius 2 is 1.94 bits per heavy atom. The molecule has 0 saturated carbocycles. The summed E-state index contributed by atoms with van der Waals surface area (Å²) >= 11 is 1.79. The van der Waals surface area contributed by atoms with Crippen molar-refractivity contribution in [2.45, 2.75) is 19.9 Å². The van der Waals surface area contributed by atoms with Crippen molar-refractivity contribution >= 4 is 11.8 Å². The van der Waals surface area contributed by atoms with Crippen LogP contribution < -0.4 is 10.5 Å². The van der Waals surface area contributed by atoms with Crippen LogP contribution in [0.4, 0.5) is 0 Å². The largest absolute Gasteiger partial charge is 0.494 e. The van der Waals surface area contributed by atoms with Crippen molar-refractivity contribution in [2.75, 3.05) is 24.7 Å². The van der Waals surface area contributed by atoms with Crippen LogP contribution >= 0.6 is 11.8 Å². The molecule has 0 spiro atoms. The van der Waals surface area contributed by atoms with Gasteiger partial charge in [-0.3, -0.25) is 0 Å². The zero-order chi connectivity index (χ0) is 13.4. The minimum absolute atomic E-state index is 0.0385. The molecule has 3 N–H and O–H groups in total. The molecule has 1 rings (SSSR count). The average molecular weight is 269 g/mol. The number of thioether (sulfide) groups is 1. The lowest BCUT2D eigenvalue weighted by Gasteiger charge is -2.14. The smallest absolute Gasteiger partial charge is 0.119 e. The van der Waals surface area contributed by atoms with Gasteiger partial charge in [-0.05, 0) is 36.3 Å². The molecule has 0 amide bonds. The number of ether oxygens (including phenoxy) is 1. The molecule has 0 aromatic heterocycles. The molecule has 0 radical (unpaired) electrons. The topological polar surface area (TPSA) is 55.5 Å². The number of aliphatic hydroxyl groups is 1. The van der Waals surface area contributed by atoms with Crippen molar-refractivity contribution in [3.63, 3.8) is 0 Å². The molecule has 3 nitrogen and oxygen atoms in total. The van der Waals surface area contributed by atoms with Crippen LogP contribution in [-0.4, -0.2) is 29.8 Å². The molecule has 0 fully saturated rings. The van der Waals surface area contributed by atoms with Gasteiger partial charge in [-0.1, -0.05) is 19.1 Å². The van der Waals surface area contributed by atoms with E-state index in [1.807, 2.05) is 38.1 Å². The Kier molecular flexibility index (Phi) is 7.16. The van der Waals surface area contributed by atoms with E-state index < -0.39 is 0 Å². The van der Waals surface area contributed by atoms with E-state index in [0.717, 1.165) is 22.8 Å². The molecule has 0 aliphatic carbocycles. The summed E-state index contributed by atoms with van der Waals surface area (Å²) in [5.74, 6) is 3.04. The second kappa shape index (κ2) is 8.40. The first-order valence-corrected chi connectivity index (χ1v) is 7.49. The van der Waals surface area contributed by atoms with Crippen molar-refractivity contribution in [1.82, 2.24) is 0 Å². The van der Waals surface area contributed by atoms with Gasteiger partial charge >= 0.3 is 0 Å². The highest BCUT2D eigenvalue weighted by Crippen LogP contribution is 2.20. The molecule has 1 aromatic rings. The molecule has 1 aromatic carbocycles. The van der Waals surface area contributed by atoms with Gasteiger partial charge in [0.2, 0.25) is 0 Å². The highest BCUT2D eigenvalue weighted by Gasteiger charge is 2.07. The predicted octanol–water partition coefficient (Wildman–Crippen LogP) is 2.45. The Hall–Kier alpha value is -0.710. The highest BCUT2D eigenvalue weighted by atomic mass is 32.2. The molecule has 18 heavy (non-hydrogen) atoms. The van der Waals surface area contributed by atoms with Crippen LogP contribution in [0.1, 0.15) is 25.5 Å². The first-order chi connectivity index (χ1) is 8.67. The second-order valence-corrected chi connectivity index (χ2v) is 5.51. The zero-order valence-electron chi connectivity index (χ0n) is 11.1. The van der Waals surface area contributed by atoms with Crippen molar-refractivity contribution in [2.24, 2.45) is 11.7 Å². The fourth-order valence-corrected chi connectivity index (χ4v) is 2.61. The van der Waals surface area contributed by atoms with E-state index in [9.17, 15) is 0 Å². The Morgan fingerprint density at radius 1 is 1.28 bits per heavy atom. The van der Waals surface area contributed by atoms with Crippen LogP contribution in [0.25, 0.3) is 0 Å². The third-order valence-electron chi connectivity index (χ3n) is 2.63. The highest BCUT2D eigenvalue weighted by molar-refractivity contribution is 7.99. The van der Waals surface area contributed by atoms with Gasteiger partial charge in [-0.25, -0.2) is 0 Å². The van der Waals surface area contributed by atoms with Gasteiger partial charge in [0, 0.05) is 18.4 Å². The fraction of sp³-hybridized carbons (Fsp3) is 0.571. The molecule has 0 saturated heterocycles. The van der Waals surface area contributed by atoms with Gasteiger partial charge < -0.3 is 15.6 Å². The molecule has 0 heterocycles. The number of nitrogens with two attached hydrogens (primary N) is 1. The Balaban J connectivity index is 2.39. The molecule has 0 aliphatic rings. The van der Waals surface area contributed by atoms with Crippen LogP contribution in [0, 0.1) is 5.92 Å². The molecule has 4 heteroatoms. The Morgan fingerprint density at radius 3 is 2.50 bits per heavy atom. The number of benzene rings is 1. The third kappa shape index (κ3) is 5.29. The zero-order valence-corrected chi connectivity index (χ0v) is 12.0. The first kappa shape index (κ1) is 15.3. The lowest BCUT2D eigenvalue weighted by Crippen LogP contribution is -2.14. The molecule has 102 valence electrons. The lowest BCUT2D eigenvalue weighted by molar-refractivity contribution is 0.250. The van der Waals surface area contributed by atoms with Crippen molar-refractivity contribution in [1.29, 1.82) is 0 Å². The van der Waals surface area contributed by atoms with Crippen LogP contribution in [0.3, 0.4) is 0 Å². The second-order valence-electron chi connectivity index (χ2n) is 4.43. The normalized spacial score (nSPS) is 14.2. The van der Waals surface area contributed by atoms with Gasteiger partial charge in [0.15, 0.2) is 0 Å². The number of hydrogen-bond acceptors (Lipinski definition) is 4. The Labute approximate surface area is 114 Å². The summed E-state index contributed by atoms with van der Waals surface area (Å²) in [4.78, 5) is 0. The van der Waals surface area contributed by atoms with E-state index >= 15 is 0 Å². The van der Waals surface area contributed by atoms with E-state index in [1.54, 1.807) is 11.8 Å². The maximum absolute atomic E-state index is 8.94. The molecule has 0 aliphatic heterocycles. The van der Waals surface area contributed by atoms with E-state index in [1.165, 1.54) is 0 Å². The third-order valence-corrected chi connectivity index (χ3v) is 4.03. The monoisotopic (exact) mass is 269 g/mol. The summed E-state index contributed by atoms with van der Waals surface area (Å²) in [6, 6.07) is 7.99. The van der Waals surface area contributed by atoms with Gasteiger partial charge in [0.1, 0.15) is 5.75 Å². The van der Waals surface area contributed by atoms with Crippen molar-refractivity contribution < 1.29 is 9.84 Å². The minimum atomic E-state index is 0.0385.